The van der Waals surface area contributed by atoms with E-state index in [1.54, 1.807) is 0 Å². The maximum Gasteiger partial charge on any atom is 0.668 e. The van der Waals surface area contributed by atoms with Crippen LogP contribution < -0.4 is 0 Å². The van der Waals surface area contributed by atoms with Crippen molar-refractivity contribution >= 4 is 7.32 Å². The Bertz CT molecular complexity index is 169. The van der Waals surface area contributed by atoms with Gasteiger partial charge in [-0.05, 0) is 19.3 Å². The van der Waals surface area contributed by atoms with E-state index < -0.39 is 7.32 Å². The second kappa shape index (κ2) is 17.0. The lowest BCUT2D eigenvalue weighted by Crippen LogP contribution is -2.28. The first kappa shape index (κ1) is 19.9. The van der Waals surface area contributed by atoms with Crippen molar-refractivity contribution in [1.82, 2.24) is 0 Å². The predicted molar refractivity (Wildman–Crippen MR) is 83.3 cm³/mol. The highest BCUT2D eigenvalue weighted by atomic mass is 17.2. The third kappa shape index (κ3) is 14.3. The van der Waals surface area contributed by atoms with Crippen molar-refractivity contribution in [3.63, 3.8) is 0 Å². The predicted octanol–water partition coefficient (Wildman–Crippen LogP) is 4.52. The van der Waals surface area contributed by atoms with E-state index in [1.165, 1.54) is 32.1 Å². The average molecular weight is 288 g/mol. The molecule has 0 saturated carbocycles. The normalized spacial score (nSPS) is 10.9. The first-order valence-electron chi connectivity index (χ1n) is 8.36. The van der Waals surface area contributed by atoms with Crippen LogP contribution in [-0.2, 0) is 19.0 Å². The summed E-state index contributed by atoms with van der Waals surface area (Å²) in [5, 5.41) is 0. The molecule has 0 aromatic heterocycles. The van der Waals surface area contributed by atoms with Gasteiger partial charge in [-0.2, -0.15) is 0 Å². The highest BCUT2D eigenvalue weighted by molar-refractivity contribution is 6.35. The van der Waals surface area contributed by atoms with Crippen molar-refractivity contribution in [1.29, 1.82) is 0 Å². The van der Waals surface area contributed by atoms with Crippen LogP contribution in [0.2, 0.25) is 0 Å². The summed E-state index contributed by atoms with van der Waals surface area (Å²) in [4.78, 5) is 10.4. The van der Waals surface area contributed by atoms with E-state index in [1.807, 2.05) is 0 Å². The Morgan fingerprint density at radius 2 is 1.05 bits per heavy atom. The number of rotatable bonds is 16. The topological polar surface area (TPSA) is 36.9 Å². The van der Waals surface area contributed by atoms with E-state index >= 15 is 0 Å². The molecule has 0 radical (unpaired) electrons. The van der Waals surface area contributed by atoms with Crippen LogP contribution in [0.25, 0.3) is 0 Å². The van der Waals surface area contributed by atoms with Gasteiger partial charge in [-0.25, -0.2) is 9.69 Å². The molecule has 0 aliphatic heterocycles. The Labute approximate surface area is 125 Å². The number of hydrogen-bond acceptors (Lipinski definition) is 4. The summed E-state index contributed by atoms with van der Waals surface area (Å²) in [6.45, 7) is 8.42. The zero-order valence-electron chi connectivity index (χ0n) is 13.7. The second-order valence-electron chi connectivity index (χ2n) is 5.07. The molecule has 0 N–H and O–H groups in total. The Morgan fingerprint density at radius 1 is 0.600 bits per heavy atom. The van der Waals surface area contributed by atoms with Crippen molar-refractivity contribution in [2.24, 2.45) is 0 Å². The Balaban J connectivity index is 3.67. The smallest absolute Gasteiger partial charge is 0.384 e. The highest BCUT2D eigenvalue weighted by Crippen LogP contribution is 2.03. The largest absolute Gasteiger partial charge is 0.668 e. The van der Waals surface area contributed by atoms with Gasteiger partial charge in [-0.15, -0.1) is 0 Å². The van der Waals surface area contributed by atoms with Crippen LogP contribution in [0.1, 0.15) is 78.6 Å². The van der Waals surface area contributed by atoms with Gasteiger partial charge in [0.1, 0.15) is 0 Å². The van der Waals surface area contributed by atoms with Crippen molar-refractivity contribution in [2.45, 2.75) is 78.6 Å². The van der Waals surface area contributed by atoms with Crippen LogP contribution >= 0.6 is 0 Å². The van der Waals surface area contributed by atoms with Crippen molar-refractivity contribution in [3.8, 4) is 0 Å². The van der Waals surface area contributed by atoms with Crippen LogP contribution in [0.5, 0.6) is 0 Å². The van der Waals surface area contributed by atoms with E-state index in [0.717, 1.165) is 25.7 Å². The molecule has 5 heteroatoms. The number of unbranched alkanes of at least 4 members (excludes halogenated alkanes) is 6. The van der Waals surface area contributed by atoms with E-state index in [4.69, 9.17) is 19.0 Å². The van der Waals surface area contributed by atoms with Gasteiger partial charge in [0, 0.05) is 13.2 Å². The minimum atomic E-state index is -0.676. The molecule has 20 heavy (non-hydrogen) atoms. The summed E-state index contributed by atoms with van der Waals surface area (Å²) in [7, 11) is -0.676. The zero-order chi connectivity index (χ0) is 14.9. The quantitative estimate of drug-likeness (QED) is 0.181. The summed E-state index contributed by atoms with van der Waals surface area (Å²) in [6, 6.07) is 0. The van der Waals surface area contributed by atoms with Crippen molar-refractivity contribution in [2.75, 3.05) is 19.8 Å². The summed E-state index contributed by atoms with van der Waals surface area (Å²) in [5.41, 5.74) is 0. The van der Waals surface area contributed by atoms with Gasteiger partial charge in [0.25, 0.3) is 0 Å². The third-order valence-corrected chi connectivity index (χ3v) is 2.98. The Hall–Kier alpha value is -0.0951. The summed E-state index contributed by atoms with van der Waals surface area (Å²) in [5.74, 6) is 0. The van der Waals surface area contributed by atoms with Crippen LogP contribution in [0, 0.1) is 0 Å². The van der Waals surface area contributed by atoms with E-state index in [-0.39, 0.29) is 0 Å². The molecule has 4 nitrogen and oxygen atoms in total. The second-order valence-corrected chi connectivity index (χ2v) is 5.07. The van der Waals surface area contributed by atoms with E-state index in [9.17, 15) is 0 Å². The molecule has 0 fully saturated rings. The van der Waals surface area contributed by atoms with Gasteiger partial charge in [0.2, 0.25) is 0 Å². The summed E-state index contributed by atoms with van der Waals surface area (Å²) < 4.78 is 11.1. The van der Waals surface area contributed by atoms with Gasteiger partial charge >= 0.3 is 7.32 Å². The van der Waals surface area contributed by atoms with E-state index in [2.05, 4.69) is 20.8 Å². The monoisotopic (exact) mass is 288 g/mol. The maximum atomic E-state index is 5.56. The fourth-order valence-electron chi connectivity index (χ4n) is 1.68. The molecule has 0 amide bonds. The molecule has 0 saturated heterocycles. The van der Waals surface area contributed by atoms with Gasteiger partial charge in [0.05, 0.1) is 6.61 Å². The van der Waals surface area contributed by atoms with Crippen LogP contribution in [0.15, 0.2) is 0 Å². The van der Waals surface area contributed by atoms with Gasteiger partial charge < -0.3 is 9.31 Å². The molecule has 0 rings (SSSR count). The summed E-state index contributed by atoms with van der Waals surface area (Å²) >= 11 is 0. The first-order valence-corrected chi connectivity index (χ1v) is 8.36. The molecule has 0 aromatic carbocycles. The molecule has 0 bridgehead atoms. The lowest BCUT2D eigenvalue weighted by Gasteiger charge is -2.13. The molecular formula is C15H33BO4. The molecular weight excluding hydrogens is 255 g/mol. The highest BCUT2D eigenvalue weighted by Gasteiger charge is 2.22. The molecule has 0 unspecified atom stereocenters. The van der Waals surface area contributed by atoms with E-state index in [0.29, 0.717) is 19.8 Å². The lowest BCUT2D eigenvalue weighted by molar-refractivity contribution is -0.241. The minimum absolute atomic E-state index is 0.598. The van der Waals surface area contributed by atoms with Gasteiger partial charge in [-0.1, -0.05) is 59.3 Å². The van der Waals surface area contributed by atoms with Gasteiger partial charge in [0.15, 0.2) is 0 Å². The fraction of sp³-hybridized carbons (Fsp3) is 1.00. The van der Waals surface area contributed by atoms with Crippen molar-refractivity contribution < 1.29 is 19.0 Å². The fourth-order valence-corrected chi connectivity index (χ4v) is 1.68. The molecule has 0 spiro atoms. The number of hydrogen-bond donors (Lipinski definition) is 0. The molecule has 0 aliphatic carbocycles. The summed E-state index contributed by atoms with van der Waals surface area (Å²) in [6.07, 6.45) is 10.1. The van der Waals surface area contributed by atoms with Crippen molar-refractivity contribution in [3.05, 3.63) is 0 Å². The third-order valence-electron chi connectivity index (χ3n) is 2.98. The molecule has 0 aliphatic rings. The first-order chi connectivity index (χ1) is 9.85. The van der Waals surface area contributed by atoms with Crippen LogP contribution in [0.4, 0.5) is 0 Å². The Morgan fingerprint density at radius 3 is 1.50 bits per heavy atom. The van der Waals surface area contributed by atoms with Crippen LogP contribution in [-0.4, -0.2) is 27.1 Å². The molecule has 0 atom stereocenters. The SMILES string of the molecule is CCCCCOOB(OCCCCC)OCCCCC. The zero-order valence-corrected chi connectivity index (χ0v) is 13.7. The lowest BCUT2D eigenvalue weighted by atomic mass is 10.2. The maximum absolute atomic E-state index is 5.56. The molecule has 120 valence electrons. The minimum Gasteiger partial charge on any atom is -0.384 e. The van der Waals surface area contributed by atoms with Gasteiger partial charge in [-0.3, -0.25) is 0 Å². The standard InChI is InChI=1S/C15H33BO4/c1-4-7-10-13-17-16(18-14-11-8-5-2)20-19-15-12-9-6-3/h4-15H2,1-3H3. The Kier molecular flexibility index (Phi) is 16.9. The molecule has 0 aromatic rings. The molecule has 0 heterocycles. The van der Waals surface area contributed by atoms with Crippen LogP contribution in [0.3, 0.4) is 0 Å². The average Bonchev–Trinajstić information content (AvgIpc) is 2.47.